The van der Waals surface area contributed by atoms with Crippen molar-refractivity contribution < 1.29 is 0 Å². The summed E-state index contributed by atoms with van der Waals surface area (Å²) in [6.45, 7) is 6.07. The van der Waals surface area contributed by atoms with E-state index in [1.807, 2.05) is 18.3 Å². The second-order valence-electron chi connectivity index (χ2n) is 6.16. The monoisotopic (exact) mass is 295 g/mol. The van der Waals surface area contributed by atoms with E-state index >= 15 is 0 Å². The number of likely N-dealkylation sites (N-methyl/N-ethyl adjacent to an activating group) is 1. The lowest BCUT2D eigenvalue weighted by Gasteiger charge is -2.32. The van der Waals surface area contributed by atoms with E-state index in [1.165, 1.54) is 50.3 Å². The molecule has 116 valence electrons. The van der Waals surface area contributed by atoms with Gasteiger partial charge in [-0.15, -0.1) is 0 Å². The number of rotatable bonds is 5. The maximum absolute atomic E-state index is 4.40. The summed E-state index contributed by atoms with van der Waals surface area (Å²) < 4.78 is 0. The van der Waals surface area contributed by atoms with Crippen LogP contribution in [0.3, 0.4) is 0 Å². The molecule has 2 heterocycles. The van der Waals surface area contributed by atoms with Crippen molar-refractivity contribution in [3.63, 3.8) is 0 Å². The predicted molar refractivity (Wildman–Crippen MR) is 91.9 cm³/mol. The smallest absolute Gasteiger partial charge is 0.0701 e. The molecule has 1 aliphatic rings. The van der Waals surface area contributed by atoms with Crippen LogP contribution in [0.15, 0.2) is 48.7 Å². The molecule has 3 rings (SSSR count). The van der Waals surface area contributed by atoms with Crippen LogP contribution in [0.1, 0.15) is 12.0 Å². The van der Waals surface area contributed by atoms with Crippen LogP contribution in [0.5, 0.6) is 0 Å². The third-order valence-electron chi connectivity index (χ3n) is 4.45. The lowest BCUT2D eigenvalue weighted by Crippen LogP contribution is -2.44. The van der Waals surface area contributed by atoms with Crippen molar-refractivity contribution in [2.75, 3.05) is 39.8 Å². The van der Waals surface area contributed by atoms with Gasteiger partial charge in [-0.3, -0.25) is 4.98 Å². The first kappa shape index (κ1) is 15.2. The molecule has 22 heavy (non-hydrogen) atoms. The lowest BCUT2D eigenvalue weighted by molar-refractivity contribution is 0.153. The van der Waals surface area contributed by atoms with E-state index in [0.29, 0.717) is 0 Å². The van der Waals surface area contributed by atoms with E-state index in [2.05, 4.69) is 52.2 Å². The third kappa shape index (κ3) is 4.15. The zero-order valence-corrected chi connectivity index (χ0v) is 13.4. The molecule has 1 aromatic carbocycles. The van der Waals surface area contributed by atoms with Gasteiger partial charge in [-0.25, -0.2) is 0 Å². The molecule has 0 N–H and O–H groups in total. The van der Waals surface area contributed by atoms with Crippen molar-refractivity contribution in [3.8, 4) is 11.3 Å². The Labute approximate surface area is 133 Å². The molecule has 0 radical (unpaired) electrons. The van der Waals surface area contributed by atoms with Gasteiger partial charge in [0, 0.05) is 37.9 Å². The molecule has 0 bridgehead atoms. The summed E-state index contributed by atoms with van der Waals surface area (Å²) >= 11 is 0. The normalized spacial score (nSPS) is 16.8. The first-order valence-electron chi connectivity index (χ1n) is 8.22. The van der Waals surface area contributed by atoms with Crippen LogP contribution < -0.4 is 0 Å². The topological polar surface area (TPSA) is 19.4 Å². The van der Waals surface area contributed by atoms with Crippen molar-refractivity contribution in [3.05, 3.63) is 54.2 Å². The highest BCUT2D eigenvalue weighted by Crippen LogP contribution is 2.17. The van der Waals surface area contributed by atoms with Gasteiger partial charge in [0.05, 0.1) is 5.69 Å². The molecule has 0 spiro atoms. The Morgan fingerprint density at radius 3 is 2.41 bits per heavy atom. The van der Waals surface area contributed by atoms with Crippen LogP contribution in [0.4, 0.5) is 0 Å². The highest BCUT2D eigenvalue weighted by Gasteiger charge is 2.12. The van der Waals surface area contributed by atoms with Gasteiger partial charge in [-0.05, 0) is 44.1 Å². The molecule has 0 unspecified atom stereocenters. The number of aryl methyl sites for hydroxylation is 1. The Kier molecular flexibility index (Phi) is 5.20. The molecule has 1 fully saturated rings. The van der Waals surface area contributed by atoms with Crippen LogP contribution in [-0.2, 0) is 6.42 Å². The molecule has 1 aliphatic heterocycles. The molecule has 0 aliphatic carbocycles. The van der Waals surface area contributed by atoms with Crippen LogP contribution >= 0.6 is 0 Å². The fourth-order valence-electron chi connectivity index (χ4n) is 2.95. The van der Waals surface area contributed by atoms with Crippen molar-refractivity contribution >= 4 is 0 Å². The molecular weight excluding hydrogens is 270 g/mol. The summed E-state index contributed by atoms with van der Waals surface area (Å²) in [7, 11) is 2.21. The SMILES string of the molecule is CN1CCN(CCCc2ccc(-c3ccccn3)cc2)CC1. The number of piperazine rings is 1. The Morgan fingerprint density at radius 1 is 0.955 bits per heavy atom. The third-order valence-corrected chi connectivity index (χ3v) is 4.45. The average Bonchev–Trinajstić information content (AvgIpc) is 2.58. The van der Waals surface area contributed by atoms with Crippen molar-refractivity contribution in [1.82, 2.24) is 14.8 Å². The van der Waals surface area contributed by atoms with Crippen LogP contribution in [0, 0.1) is 0 Å². The summed E-state index contributed by atoms with van der Waals surface area (Å²) in [5.74, 6) is 0. The largest absolute Gasteiger partial charge is 0.304 e. The fraction of sp³-hybridized carbons (Fsp3) is 0.421. The highest BCUT2D eigenvalue weighted by atomic mass is 15.2. The van der Waals surface area contributed by atoms with E-state index in [4.69, 9.17) is 0 Å². The van der Waals surface area contributed by atoms with Crippen LogP contribution in [0.2, 0.25) is 0 Å². The fourth-order valence-corrected chi connectivity index (χ4v) is 2.95. The molecule has 3 nitrogen and oxygen atoms in total. The first-order valence-corrected chi connectivity index (χ1v) is 8.22. The summed E-state index contributed by atoms with van der Waals surface area (Å²) in [6, 6.07) is 14.9. The molecule has 3 heteroatoms. The quantitative estimate of drug-likeness (QED) is 0.845. The van der Waals surface area contributed by atoms with Crippen LogP contribution in [0.25, 0.3) is 11.3 Å². The summed E-state index contributed by atoms with van der Waals surface area (Å²) in [4.78, 5) is 9.39. The summed E-state index contributed by atoms with van der Waals surface area (Å²) in [6.07, 6.45) is 4.25. The second kappa shape index (κ2) is 7.52. The molecule has 2 aromatic rings. The van der Waals surface area contributed by atoms with Gasteiger partial charge in [-0.2, -0.15) is 0 Å². The van der Waals surface area contributed by atoms with Crippen molar-refractivity contribution in [1.29, 1.82) is 0 Å². The van der Waals surface area contributed by atoms with E-state index in [1.54, 1.807) is 0 Å². The maximum atomic E-state index is 4.40. The minimum atomic E-state index is 1.05. The molecule has 0 amide bonds. The number of pyridine rings is 1. The minimum Gasteiger partial charge on any atom is -0.304 e. The van der Waals surface area contributed by atoms with Gasteiger partial charge < -0.3 is 9.80 Å². The van der Waals surface area contributed by atoms with Gasteiger partial charge in [0.1, 0.15) is 0 Å². The molecule has 1 saturated heterocycles. The number of hydrogen-bond donors (Lipinski definition) is 0. The number of hydrogen-bond acceptors (Lipinski definition) is 3. The highest BCUT2D eigenvalue weighted by molar-refractivity contribution is 5.58. The summed E-state index contributed by atoms with van der Waals surface area (Å²) in [5.41, 5.74) is 3.67. The lowest BCUT2D eigenvalue weighted by atomic mass is 10.0. The number of benzene rings is 1. The van der Waals surface area contributed by atoms with Crippen molar-refractivity contribution in [2.24, 2.45) is 0 Å². The van der Waals surface area contributed by atoms with Gasteiger partial charge in [0.2, 0.25) is 0 Å². The molecule has 1 aromatic heterocycles. The summed E-state index contributed by atoms with van der Waals surface area (Å²) in [5, 5.41) is 0. The first-order chi connectivity index (χ1) is 10.8. The van der Waals surface area contributed by atoms with E-state index in [9.17, 15) is 0 Å². The molecule has 0 saturated carbocycles. The second-order valence-corrected chi connectivity index (χ2v) is 6.16. The van der Waals surface area contributed by atoms with Crippen molar-refractivity contribution in [2.45, 2.75) is 12.8 Å². The zero-order valence-electron chi connectivity index (χ0n) is 13.4. The number of aromatic nitrogens is 1. The van der Waals surface area contributed by atoms with E-state index in [0.717, 1.165) is 12.1 Å². The Bertz CT molecular complexity index is 557. The van der Waals surface area contributed by atoms with E-state index in [-0.39, 0.29) is 0 Å². The van der Waals surface area contributed by atoms with Gasteiger partial charge in [0.15, 0.2) is 0 Å². The predicted octanol–water partition coefficient (Wildman–Crippen LogP) is 2.93. The minimum absolute atomic E-state index is 1.05. The molecule has 0 atom stereocenters. The number of nitrogens with zero attached hydrogens (tertiary/aromatic N) is 3. The Hall–Kier alpha value is -1.71. The van der Waals surface area contributed by atoms with Gasteiger partial charge >= 0.3 is 0 Å². The Balaban J connectivity index is 1.47. The average molecular weight is 295 g/mol. The Morgan fingerprint density at radius 2 is 1.73 bits per heavy atom. The van der Waals surface area contributed by atoms with Gasteiger partial charge in [-0.1, -0.05) is 30.3 Å². The van der Waals surface area contributed by atoms with Crippen LogP contribution in [-0.4, -0.2) is 54.6 Å². The standard InChI is InChI=1S/C19H25N3/c1-21-13-15-22(16-14-21)12-4-5-17-7-9-18(10-8-17)19-6-2-3-11-20-19/h2-3,6-11H,4-5,12-16H2,1H3. The maximum Gasteiger partial charge on any atom is 0.0701 e. The van der Waals surface area contributed by atoms with Gasteiger partial charge in [0.25, 0.3) is 0 Å². The molecular formula is C19H25N3. The zero-order chi connectivity index (χ0) is 15.2. The van der Waals surface area contributed by atoms with E-state index < -0.39 is 0 Å².